The van der Waals surface area contributed by atoms with Crippen molar-refractivity contribution >= 4 is 11.8 Å². The predicted molar refractivity (Wildman–Crippen MR) is 79.9 cm³/mol. The SMILES string of the molecule is CCC1(CC)CN(CCSC)C(C(C)C)CN1. The second-order valence-electron chi connectivity index (χ2n) is 5.64. The van der Waals surface area contributed by atoms with E-state index in [9.17, 15) is 0 Å². The molecule has 0 amide bonds. The number of nitrogens with one attached hydrogen (secondary N) is 1. The van der Waals surface area contributed by atoms with Crippen LogP contribution in [-0.4, -0.2) is 48.1 Å². The van der Waals surface area contributed by atoms with Gasteiger partial charge in [0.15, 0.2) is 0 Å². The first-order valence-corrected chi connectivity index (χ1v) is 8.46. The first kappa shape index (κ1) is 15.3. The molecule has 2 nitrogen and oxygen atoms in total. The first-order valence-electron chi connectivity index (χ1n) is 7.06. The number of nitrogens with zero attached hydrogens (tertiary/aromatic N) is 1. The van der Waals surface area contributed by atoms with Gasteiger partial charge in [-0.3, -0.25) is 4.90 Å². The van der Waals surface area contributed by atoms with Gasteiger partial charge in [0.25, 0.3) is 0 Å². The zero-order chi connectivity index (χ0) is 12.9. The van der Waals surface area contributed by atoms with Crippen LogP contribution in [0.1, 0.15) is 40.5 Å². The Labute approximate surface area is 112 Å². The highest BCUT2D eigenvalue weighted by Crippen LogP contribution is 2.25. The van der Waals surface area contributed by atoms with Crippen LogP contribution in [0.15, 0.2) is 0 Å². The van der Waals surface area contributed by atoms with Gasteiger partial charge >= 0.3 is 0 Å². The molecule has 0 aromatic rings. The van der Waals surface area contributed by atoms with Crippen LogP contribution in [-0.2, 0) is 0 Å². The maximum Gasteiger partial charge on any atom is 0.0304 e. The number of hydrogen-bond acceptors (Lipinski definition) is 3. The molecule has 0 bridgehead atoms. The average Bonchev–Trinajstić information content (AvgIpc) is 2.35. The lowest BCUT2D eigenvalue weighted by molar-refractivity contribution is 0.0559. The predicted octanol–water partition coefficient (Wildman–Crippen LogP) is 2.84. The van der Waals surface area contributed by atoms with Crippen LogP contribution >= 0.6 is 11.8 Å². The van der Waals surface area contributed by atoms with Crippen LogP contribution in [0.25, 0.3) is 0 Å². The zero-order valence-electron chi connectivity index (χ0n) is 12.3. The van der Waals surface area contributed by atoms with Gasteiger partial charge in [-0.05, 0) is 25.0 Å². The summed E-state index contributed by atoms with van der Waals surface area (Å²) >= 11 is 1.96. The minimum Gasteiger partial charge on any atom is -0.308 e. The molecule has 1 rings (SSSR count). The van der Waals surface area contributed by atoms with Crippen molar-refractivity contribution in [2.45, 2.75) is 52.1 Å². The van der Waals surface area contributed by atoms with Gasteiger partial charge in [-0.25, -0.2) is 0 Å². The Kier molecular flexibility index (Phi) is 6.32. The third-order valence-corrected chi connectivity index (χ3v) is 4.96. The van der Waals surface area contributed by atoms with Crippen LogP contribution < -0.4 is 5.32 Å². The summed E-state index contributed by atoms with van der Waals surface area (Å²) in [7, 11) is 0. The molecule has 1 saturated heterocycles. The van der Waals surface area contributed by atoms with Gasteiger partial charge in [0.2, 0.25) is 0 Å². The highest BCUT2D eigenvalue weighted by atomic mass is 32.2. The van der Waals surface area contributed by atoms with Crippen molar-refractivity contribution in [1.29, 1.82) is 0 Å². The normalized spacial score (nSPS) is 25.4. The van der Waals surface area contributed by atoms with E-state index in [-0.39, 0.29) is 0 Å². The maximum absolute atomic E-state index is 3.82. The van der Waals surface area contributed by atoms with Crippen molar-refractivity contribution < 1.29 is 0 Å². The van der Waals surface area contributed by atoms with E-state index in [1.165, 1.54) is 31.7 Å². The fraction of sp³-hybridized carbons (Fsp3) is 1.00. The standard InChI is InChI=1S/C14H30N2S/c1-6-14(7-2)11-16(8-9-17-5)13(10-15-14)12(3)4/h12-13,15H,6-11H2,1-5H3. The van der Waals surface area contributed by atoms with Crippen LogP contribution in [0.5, 0.6) is 0 Å². The van der Waals surface area contributed by atoms with Gasteiger partial charge in [0.05, 0.1) is 0 Å². The minimum atomic E-state index is 0.365. The van der Waals surface area contributed by atoms with E-state index in [1.54, 1.807) is 0 Å². The molecule has 1 N–H and O–H groups in total. The van der Waals surface area contributed by atoms with E-state index < -0.39 is 0 Å². The van der Waals surface area contributed by atoms with Gasteiger partial charge in [0, 0.05) is 37.0 Å². The smallest absolute Gasteiger partial charge is 0.0304 e. The molecule has 1 heterocycles. The molecule has 0 spiro atoms. The largest absolute Gasteiger partial charge is 0.308 e. The quantitative estimate of drug-likeness (QED) is 0.789. The van der Waals surface area contributed by atoms with E-state index in [0.29, 0.717) is 11.6 Å². The van der Waals surface area contributed by atoms with Gasteiger partial charge in [-0.2, -0.15) is 11.8 Å². The summed E-state index contributed by atoms with van der Waals surface area (Å²) < 4.78 is 0. The Bertz CT molecular complexity index is 214. The summed E-state index contributed by atoms with van der Waals surface area (Å²) in [6.07, 6.45) is 4.69. The third-order valence-electron chi connectivity index (χ3n) is 4.37. The molecule has 1 unspecified atom stereocenters. The molecule has 1 aliphatic heterocycles. The lowest BCUT2D eigenvalue weighted by Gasteiger charge is -2.49. The molecule has 0 aromatic carbocycles. The second-order valence-corrected chi connectivity index (χ2v) is 6.63. The fourth-order valence-electron chi connectivity index (χ4n) is 2.85. The Balaban J connectivity index is 2.68. The zero-order valence-corrected chi connectivity index (χ0v) is 13.1. The van der Waals surface area contributed by atoms with E-state index >= 15 is 0 Å². The second kappa shape index (κ2) is 7.01. The average molecular weight is 258 g/mol. The van der Waals surface area contributed by atoms with Crippen LogP contribution in [0.2, 0.25) is 0 Å². The summed E-state index contributed by atoms with van der Waals surface area (Å²) in [5.41, 5.74) is 0.365. The first-order chi connectivity index (χ1) is 8.08. The molecule has 0 radical (unpaired) electrons. The molecule has 17 heavy (non-hydrogen) atoms. The minimum absolute atomic E-state index is 0.365. The summed E-state index contributed by atoms with van der Waals surface area (Å²) in [4.78, 5) is 2.73. The van der Waals surface area contributed by atoms with Gasteiger partial charge in [-0.1, -0.05) is 27.7 Å². The Morgan fingerprint density at radius 3 is 2.47 bits per heavy atom. The monoisotopic (exact) mass is 258 g/mol. The molecular formula is C14H30N2S. The number of hydrogen-bond donors (Lipinski definition) is 1. The van der Waals surface area contributed by atoms with E-state index in [0.717, 1.165) is 12.5 Å². The van der Waals surface area contributed by atoms with E-state index in [1.807, 2.05) is 11.8 Å². The highest BCUT2D eigenvalue weighted by Gasteiger charge is 2.37. The molecule has 0 aromatic heterocycles. The number of rotatable bonds is 6. The van der Waals surface area contributed by atoms with E-state index in [4.69, 9.17) is 0 Å². The lowest BCUT2D eigenvalue weighted by Crippen LogP contribution is -2.65. The van der Waals surface area contributed by atoms with Crippen molar-refractivity contribution in [2.24, 2.45) is 5.92 Å². The Morgan fingerprint density at radius 2 is 2.00 bits per heavy atom. The molecule has 1 fully saturated rings. The van der Waals surface area contributed by atoms with Gasteiger partial charge in [-0.15, -0.1) is 0 Å². The molecule has 102 valence electrons. The topological polar surface area (TPSA) is 15.3 Å². The number of piperazine rings is 1. The summed E-state index contributed by atoms with van der Waals surface area (Å²) in [5, 5.41) is 3.82. The number of thioether (sulfide) groups is 1. The summed E-state index contributed by atoms with van der Waals surface area (Å²) in [6.45, 7) is 13.0. The van der Waals surface area contributed by atoms with Crippen molar-refractivity contribution in [3.8, 4) is 0 Å². The summed E-state index contributed by atoms with van der Waals surface area (Å²) in [6, 6.07) is 0.716. The van der Waals surface area contributed by atoms with Crippen LogP contribution in [0.3, 0.4) is 0 Å². The molecule has 3 heteroatoms. The molecule has 0 aliphatic carbocycles. The molecular weight excluding hydrogens is 228 g/mol. The Hall–Kier alpha value is 0.270. The van der Waals surface area contributed by atoms with Gasteiger partial charge in [0.1, 0.15) is 0 Å². The highest BCUT2D eigenvalue weighted by molar-refractivity contribution is 7.98. The van der Waals surface area contributed by atoms with Crippen LogP contribution in [0.4, 0.5) is 0 Å². The van der Waals surface area contributed by atoms with Crippen molar-refractivity contribution in [2.75, 3.05) is 31.6 Å². The van der Waals surface area contributed by atoms with Crippen LogP contribution in [0, 0.1) is 5.92 Å². The van der Waals surface area contributed by atoms with E-state index in [2.05, 4.69) is 44.2 Å². The van der Waals surface area contributed by atoms with Gasteiger partial charge < -0.3 is 5.32 Å². The van der Waals surface area contributed by atoms with Crippen molar-refractivity contribution in [3.63, 3.8) is 0 Å². The fourth-order valence-corrected chi connectivity index (χ4v) is 3.26. The summed E-state index contributed by atoms with van der Waals surface area (Å²) in [5.74, 6) is 2.00. The molecule has 0 saturated carbocycles. The molecule has 1 aliphatic rings. The Morgan fingerprint density at radius 1 is 1.35 bits per heavy atom. The maximum atomic E-state index is 3.82. The van der Waals surface area contributed by atoms with Crippen molar-refractivity contribution in [1.82, 2.24) is 10.2 Å². The lowest BCUT2D eigenvalue weighted by atomic mass is 9.86. The van der Waals surface area contributed by atoms with Crippen molar-refractivity contribution in [3.05, 3.63) is 0 Å². The third kappa shape index (κ3) is 3.87. The molecule has 1 atom stereocenters.